The van der Waals surface area contributed by atoms with Gasteiger partial charge in [0.05, 0.1) is 5.56 Å². The molecule has 196 valence electrons. The van der Waals surface area contributed by atoms with Gasteiger partial charge in [0, 0.05) is 16.8 Å². The summed E-state index contributed by atoms with van der Waals surface area (Å²) in [6.07, 6.45) is 0. The molecule has 39 heavy (non-hydrogen) atoms. The predicted octanol–water partition coefficient (Wildman–Crippen LogP) is 1.98. The van der Waals surface area contributed by atoms with Gasteiger partial charge >= 0.3 is 5.97 Å². The smallest absolute Gasteiger partial charge is 0.323 e. The molecule has 0 saturated heterocycles. The number of carbonyl (C=O) groups is 6. The maximum absolute atomic E-state index is 13.0. The van der Waals surface area contributed by atoms with Gasteiger partial charge in [0.2, 0.25) is 5.91 Å². The van der Waals surface area contributed by atoms with Gasteiger partial charge in [-0.05, 0) is 29.3 Å². The van der Waals surface area contributed by atoms with Gasteiger partial charge in [-0.15, -0.1) is 0 Å². The Hall–Kier alpha value is -5.20. The number of fused-ring (bicyclic) bond motifs is 2. The number of ether oxygens (including phenoxy) is 1. The van der Waals surface area contributed by atoms with Gasteiger partial charge in [-0.1, -0.05) is 54.6 Å². The topological polar surface area (TPSA) is 171 Å². The molecular weight excluding hydrogens is 510 g/mol. The van der Waals surface area contributed by atoms with Crippen molar-refractivity contribution in [1.82, 2.24) is 10.1 Å². The Morgan fingerprint density at radius 1 is 0.744 bits per heavy atom. The minimum atomic E-state index is -1.65. The van der Waals surface area contributed by atoms with Gasteiger partial charge in [0.15, 0.2) is 5.92 Å². The average molecular weight is 529 g/mol. The van der Waals surface area contributed by atoms with Crippen LogP contribution in [0.25, 0.3) is 0 Å². The number of nitrogens with zero attached hydrogens (tertiary/aromatic N) is 2. The standard InChI is InChI=1S/C27H19N3O9/c31-22(28-15-8-2-1-3-9-15)20-18-12-6-7-14(19(18)24(33)30(38)25(20)34)13-39-27(36)21-16-10-4-5-11-17(16)23(32)29(37)26(21)35/h1-12,20-21,37-38H,13H2,(H,28,31). The second-order valence-corrected chi connectivity index (χ2v) is 8.71. The molecule has 2 unspecified atom stereocenters. The Morgan fingerprint density at radius 2 is 1.36 bits per heavy atom. The van der Waals surface area contributed by atoms with Crippen LogP contribution in [0.5, 0.6) is 0 Å². The van der Waals surface area contributed by atoms with Crippen molar-refractivity contribution in [3.8, 4) is 0 Å². The van der Waals surface area contributed by atoms with Crippen molar-refractivity contribution >= 4 is 41.2 Å². The minimum absolute atomic E-state index is 0.0106. The maximum Gasteiger partial charge on any atom is 0.323 e. The Kier molecular flexibility index (Phi) is 6.48. The third-order valence-electron chi connectivity index (χ3n) is 6.42. The number of para-hydroxylation sites is 1. The van der Waals surface area contributed by atoms with Crippen molar-refractivity contribution in [3.63, 3.8) is 0 Å². The van der Waals surface area contributed by atoms with Crippen LogP contribution >= 0.6 is 0 Å². The number of esters is 1. The molecule has 2 heterocycles. The summed E-state index contributed by atoms with van der Waals surface area (Å²) in [6, 6.07) is 18.2. The summed E-state index contributed by atoms with van der Waals surface area (Å²) >= 11 is 0. The van der Waals surface area contributed by atoms with Crippen LogP contribution in [-0.2, 0) is 30.5 Å². The minimum Gasteiger partial charge on any atom is -0.460 e. The maximum atomic E-state index is 13.0. The van der Waals surface area contributed by atoms with E-state index in [1.807, 2.05) is 0 Å². The zero-order valence-corrected chi connectivity index (χ0v) is 19.9. The van der Waals surface area contributed by atoms with E-state index in [9.17, 15) is 39.2 Å². The molecule has 5 rings (SSSR count). The predicted molar refractivity (Wildman–Crippen MR) is 129 cm³/mol. The largest absolute Gasteiger partial charge is 0.460 e. The highest BCUT2D eigenvalue weighted by Gasteiger charge is 2.45. The molecule has 0 radical (unpaired) electrons. The van der Waals surface area contributed by atoms with Crippen molar-refractivity contribution in [1.29, 1.82) is 0 Å². The number of hydroxylamine groups is 4. The first kappa shape index (κ1) is 25.4. The number of imide groups is 2. The van der Waals surface area contributed by atoms with Gasteiger partial charge in [-0.25, -0.2) is 0 Å². The van der Waals surface area contributed by atoms with Crippen LogP contribution in [0.4, 0.5) is 5.69 Å². The molecule has 2 atom stereocenters. The zero-order chi connectivity index (χ0) is 27.8. The molecule has 0 bridgehead atoms. The van der Waals surface area contributed by atoms with Gasteiger partial charge in [-0.2, -0.15) is 10.1 Å². The zero-order valence-electron chi connectivity index (χ0n) is 19.9. The monoisotopic (exact) mass is 529 g/mol. The van der Waals surface area contributed by atoms with E-state index in [4.69, 9.17) is 4.74 Å². The van der Waals surface area contributed by atoms with Crippen molar-refractivity contribution in [2.75, 3.05) is 5.32 Å². The van der Waals surface area contributed by atoms with Crippen LogP contribution in [0.2, 0.25) is 0 Å². The third kappa shape index (κ3) is 4.33. The molecule has 3 aromatic carbocycles. The van der Waals surface area contributed by atoms with Crippen molar-refractivity contribution < 1.29 is 43.9 Å². The lowest BCUT2D eigenvalue weighted by molar-refractivity contribution is -0.165. The van der Waals surface area contributed by atoms with E-state index in [-0.39, 0.29) is 37.9 Å². The van der Waals surface area contributed by atoms with Crippen LogP contribution in [0, 0.1) is 0 Å². The SMILES string of the molecule is O=C(OCc1cccc2c1C(=O)N(O)C(=O)C2C(=O)Nc1ccccc1)C1C(=O)N(O)C(=O)c2ccccc21. The molecule has 0 saturated carbocycles. The highest BCUT2D eigenvalue weighted by Crippen LogP contribution is 2.34. The third-order valence-corrected chi connectivity index (χ3v) is 6.42. The lowest BCUT2D eigenvalue weighted by Crippen LogP contribution is -2.47. The number of rotatable bonds is 5. The number of benzene rings is 3. The summed E-state index contributed by atoms with van der Waals surface area (Å²) in [5.41, 5.74) is 0.174. The Balaban J connectivity index is 1.44. The molecule has 0 aromatic heterocycles. The number of anilines is 1. The molecule has 3 N–H and O–H groups in total. The van der Waals surface area contributed by atoms with Gasteiger partial charge in [0.1, 0.15) is 12.5 Å². The molecule has 0 fully saturated rings. The molecule has 2 aliphatic heterocycles. The van der Waals surface area contributed by atoms with Crippen LogP contribution in [-0.4, -0.2) is 56.0 Å². The molecule has 0 spiro atoms. The summed E-state index contributed by atoms with van der Waals surface area (Å²) in [5.74, 6) is -9.64. The number of hydrogen-bond acceptors (Lipinski definition) is 9. The summed E-state index contributed by atoms with van der Waals surface area (Å²) in [4.78, 5) is 76.4. The van der Waals surface area contributed by atoms with Crippen LogP contribution in [0.1, 0.15) is 49.2 Å². The first-order valence-electron chi connectivity index (χ1n) is 11.6. The average Bonchev–Trinajstić information content (AvgIpc) is 2.94. The molecule has 2 aliphatic rings. The summed E-state index contributed by atoms with van der Waals surface area (Å²) in [7, 11) is 0. The normalized spacial score (nSPS) is 18.4. The molecular formula is C27H19N3O9. The van der Waals surface area contributed by atoms with E-state index >= 15 is 0 Å². The van der Waals surface area contributed by atoms with Crippen LogP contribution in [0.3, 0.4) is 0 Å². The van der Waals surface area contributed by atoms with Gasteiger partial charge < -0.3 is 10.1 Å². The quantitative estimate of drug-likeness (QED) is 0.193. The highest BCUT2D eigenvalue weighted by molar-refractivity contribution is 6.21. The molecule has 3 aromatic rings. The van der Waals surface area contributed by atoms with Gasteiger partial charge in [0.25, 0.3) is 23.6 Å². The Bertz CT molecular complexity index is 1550. The van der Waals surface area contributed by atoms with E-state index in [2.05, 4.69) is 5.32 Å². The fourth-order valence-corrected chi connectivity index (χ4v) is 4.57. The number of nitrogens with one attached hydrogen (secondary N) is 1. The van der Waals surface area contributed by atoms with Crippen molar-refractivity contribution in [3.05, 3.63) is 101 Å². The summed E-state index contributed by atoms with van der Waals surface area (Å²) < 4.78 is 5.30. The first-order valence-corrected chi connectivity index (χ1v) is 11.6. The second-order valence-electron chi connectivity index (χ2n) is 8.71. The Morgan fingerprint density at radius 3 is 2.10 bits per heavy atom. The van der Waals surface area contributed by atoms with E-state index in [0.29, 0.717) is 5.69 Å². The molecule has 0 aliphatic carbocycles. The second kappa shape index (κ2) is 9.93. The fraction of sp³-hybridized carbons (Fsp3) is 0.111. The Labute approximate surface area is 219 Å². The highest BCUT2D eigenvalue weighted by atomic mass is 16.5. The molecule has 12 heteroatoms. The van der Waals surface area contributed by atoms with E-state index in [0.717, 1.165) is 0 Å². The van der Waals surface area contributed by atoms with Crippen LogP contribution in [0.15, 0.2) is 72.8 Å². The van der Waals surface area contributed by atoms with Gasteiger partial charge in [-0.3, -0.25) is 39.2 Å². The molecule has 5 amide bonds. The van der Waals surface area contributed by atoms with E-state index in [1.165, 1.54) is 42.5 Å². The van der Waals surface area contributed by atoms with Crippen molar-refractivity contribution in [2.24, 2.45) is 0 Å². The number of hydrogen-bond donors (Lipinski definition) is 3. The lowest BCUT2D eigenvalue weighted by atomic mass is 9.86. The van der Waals surface area contributed by atoms with Crippen molar-refractivity contribution in [2.45, 2.75) is 18.4 Å². The lowest BCUT2D eigenvalue weighted by Gasteiger charge is -2.29. The number of carbonyl (C=O) groups excluding carboxylic acids is 6. The number of amides is 5. The molecule has 12 nitrogen and oxygen atoms in total. The summed E-state index contributed by atoms with van der Waals surface area (Å²) in [5, 5.41) is 22.4. The van der Waals surface area contributed by atoms with E-state index < -0.39 is 53.9 Å². The van der Waals surface area contributed by atoms with E-state index in [1.54, 1.807) is 30.3 Å². The summed E-state index contributed by atoms with van der Waals surface area (Å²) in [6.45, 7) is -0.589. The first-order chi connectivity index (χ1) is 18.7. The fourth-order valence-electron chi connectivity index (χ4n) is 4.57. The van der Waals surface area contributed by atoms with Crippen LogP contribution < -0.4 is 5.32 Å².